The van der Waals surface area contributed by atoms with Crippen LogP contribution in [0.4, 0.5) is 18.9 Å². The van der Waals surface area contributed by atoms with Gasteiger partial charge in [0.15, 0.2) is 0 Å². The molecule has 0 saturated heterocycles. The zero-order valence-electron chi connectivity index (χ0n) is 12.4. The first-order valence-corrected chi connectivity index (χ1v) is 6.84. The number of rotatable bonds is 5. The van der Waals surface area contributed by atoms with Crippen molar-refractivity contribution in [2.75, 3.05) is 7.05 Å². The van der Waals surface area contributed by atoms with Gasteiger partial charge in [0.25, 0.3) is 5.69 Å². The molecule has 0 fully saturated rings. The lowest BCUT2D eigenvalue weighted by Gasteiger charge is -2.17. The molecule has 0 N–H and O–H groups in total. The molecule has 2 aromatic carbocycles. The summed E-state index contributed by atoms with van der Waals surface area (Å²) < 4.78 is 37.5. The molecule has 0 amide bonds. The molecular formula is C16H15F3N2O2. The first-order chi connectivity index (χ1) is 10.8. The van der Waals surface area contributed by atoms with Gasteiger partial charge in [-0.3, -0.25) is 15.0 Å². The largest absolute Gasteiger partial charge is 0.416 e. The van der Waals surface area contributed by atoms with Crippen molar-refractivity contribution >= 4 is 5.69 Å². The quantitative estimate of drug-likeness (QED) is 0.610. The third-order valence-corrected chi connectivity index (χ3v) is 3.33. The van der Waals surface area contributed by atoms with E-state index in [0.29, 0.717) is 13.1 Å². The van der Waals surface area contributed by atoms with Crippen molar-refractivity contribution < 1.29 is 18.1 Å². The summed E-state index contributed by atoms with van der Waals surface area (Å²) in [7, 11) is 1.83. The van der Waals surface area contributed by atoms with Gasteiger partial charge in [0.05, 0.1) is 10.5 Å². The molecule has 0 atom stereocenters. The van der Waals surface area contributed by atoms with E-state index in [-0.39, 0.29) is 5.69 Å². The lowest BCUT2D eigenvalue weighted by atomic mass is 10.1. The second-order valence-electron chi connectivity index (χ2n) is 5.29. The topological polar surface area (TPSA) is 46.4 Å². The molecule has 0 aliphatic heterocycles. The van der Waals surface area contributed by atoms with E-state index in [2.05, 4.69) is 0 Å². The summed E-state index contributed by atoms with van der Waals surface area (Å²) in [5, 5.41) is 10.6. The maximum atomic E-state index is 12.5. The summed E-state index contributed by atoms with van der Waals surface area (Å²) in [6.45, 7) is 1.02. The van der Waals surface area contributed by atoms with Crippen LogP contribution in [0.25, 0.3) is 0 Å². The first-order valence-electron chi connectivity index (χ1n) is 6.84. The molecule has 0 unspecified atom stereocenters. The lowest BCUT2D eigenvalue weighted by Crippen LogP contribution is -2.17. The second-order valence-corrected chi connectivity index (χ2v) is 5.29. The summed E-state index contributed by atoms with van der Waals surface area (Å²) in [4.78, 5) is 12.0. The van der Waals surface area contributed by atoms with Crippen molar-refractivity contribution in [1.82, 2.24) is 4.90 Å². The van der Waals surface area contributed by atoms with Crippen LogP contribution < -0.4 is 0 Å². The normalized spacial score (nSPS) is 11.7. The number of nitro groups is 1. The van der Waals surface area contributed by atoms with E-state index in [0.717, 1.165) is 23.3 Å². The van der Waals surface area contributed by atoms with Crippen molar-refractivity contribution in [2.24, 2.45) is 0 Å². The van der Waals surface area contributed by atoms with Gasteiger partial charge in [-0.2, -0.15) is 13.2 Å². The molecule has 23 heavy (non-hydrogen) atoms. The SMILES string of the molecule is CN(Cc1ccc([N+](=O)[O-])cc1)Cc1ccc(C(F)(F)F)cc1. The molecule has 2 aromatic rings. The predicted molar refractivity (Wildman–Crippen MR) is 79.7 cm³/mol. The predicted octanol–water partition coefficient (Wildman–Crippen LogP) is 4.25. The molecule has 0 bridgehead atoms. The Morgan fingerprint density at radius 1 is 0.957 bits per heavy atom. The highest BCUT2D eigenvalue weighted by Crippen LogP contribution is 2.29. The van der Waals surface area contributed by atoms with Gasteiger partial charge >= 0.3 is 6.18 Å². The van der Waals surface area contributed by atoms with E-state index in [9.17, 15) is 23.3 Å². The molecule has 0 spiro atoms. The molecule has 122 valence electrons. The molecule has 4 nitrogen and oxygen atoms in total. The highest BCUT2D eigenvalue weighted by atomic mass is 19.4. The zero-order valence-corrected chi connectivity index (χ0v) is 12.4. The van der Waals surface area contributed by atoms with E-state index in [4.69, 9.17) is 0 Å². The van der Waals surface area contributed by atoms with Crippen LogP contribution in [0, 0.1) is 10.1 Å². The third kappa shape index (κ3) is 4.79. The van der Waals surface area contributed by atoms with Crippen LogP contribution in [-0.2, 0) is 19.3 Å². The van der Waals surface area contributed by atoms with Gasteiger partial charge in [0.2, 0.25) is 0 Å². The fourth-order valence-corrected chi connectivity index (χ4v) is 2.20. The maximum absolute atomic E-state index is 12.5. The second kappa shape index (κ2) is 6.78. The van der Waals surface area contributed by atoms with Crippen LogP contribution in [0.1, 0.15) is 16.7 Å². The standard InChI is InChI=1S/C16H15F3N2O2/c1-20(11-13-4-8-15(9-5-13)21(22)23)10-12-2-6-14(7-3-12)16(17,18)19/h2-9H,10-11H2,1H3. The minimum atomic E-state index is -4.33. The number of non-ortho nitro benzene ring substituents is 1. The molecule has 0 aromatic heterocycles. The van der Waals surface area contributed by atoms with Gasteiger partial charge in [0, 0.05) is 25.2 Å². The minimum absolute atomic E-state index is 0.0270. The Labute approximate surface area is 131 Å². The number of nitrogens with zero attached hydrogens (tertiary/aromatic N) is 2. The van der Waals surface area contributed by atoms with Gasteiger partial charge in [-0.15, -0.1) is 0 Å². The summed E-state index contributed by atoms with van der Waals surface area (Å²) in [5.41, 5.74) is 1.02. The van der Waals surface area contributed by atoms with Crippen LogP contribution in [0.3, 0.4) is 0 Å². The number of halogens is 3. The Bertz CT molecular complexity index is 667. The Balaban J connectivity index is 1.96. The Morgan fingerprint density at radius 3 is 1.78 bits per heavy atom. The van der Waals surface area contributed by atoms with Crippen LogP contribution >= 0.6 is 0 Å². The van der Waals surface area contributed by atoms with Crippen LogP contribution in [-0.4, -0.2) is 16.9 Å². The first kappa shape index (κ1) is 17.0. The molecule has 0 saturated carbocycles. The van der Waals surface area contributed by atoms with Crippen molar-refractivity contribution in [3.8, 4) is 0 Å². The van der Waals surface area contributed by atoms with E-state index >= 15 is 0 Å². The molecular weight excluding hydrogens is 309 g/mol. The number of alkyl halides is 3. The molecule has 0 heterocycles. The van der Waals surface area contributed by atoms with Crippen molar-refractivity contribution in [3.05, 3.63) is 75.3 Å². The molecule has 0 aliphatic rings. The smallest absolute Gasteiger partial charge is 0.298 e. The Hall–Kier alpha value is -2.41. The fourth-order valence-electron chi connectivity index (χ4n) is 2.20. The third-order valence-electron chi connectivity index (χ3n) is 3.33. The summed E-state index contributed by atoms with van der Waals surface area (Å²) >= 11 is 0. The average Bonchev–Trinajstić information content (AvgIpc) is 2.47. The Morgan fingerprint density at radius 2 is 1.39 bits per heavy atom. The van der Waals surface area contributed by atoms with Crippen molar-refractivity contribution in [1.29, 1.82) is 0 Å². The van der Waals surface area contributed by atoms with Gasteiger partial charge in [-0.25, -0.2) is 0 Å². The maximum Gasteiger partial charge on any atom is 0.416 e. The number of benzene rings is 2. The summed E-state index contributed by atoms with van der Waals surface area (Å²) in [6.07, 6.45) is -4.33. The summed E-state index contributed by atoms with van der Waals surface area (Å²) in [5.74, 6) is 0. The van der Waals surface area contributed by atoms with Gasteiger partial charge in [-0.1, -0.05) is 24.3 Å². The van der Waals surface area contributed by atoms with Gasteiger partial charge < -0.3 is 0 Å². The van der Waals surface area contributed by atoms with E-state index < -0.39 is 16.7 Å². The lowest BCUT2D eigenvalue weighted by molar-refractivity contribution is -0.384. The van der Waals surface area contributed by atoms with Crippen molar-refractivity contribution in [2.45, 2.75) is 19.3 Å². The minimum Gasteiger partial charge on any atom is -0.298 e. The molecule has 0 aliphatic carbocycles. The van der Waals surface area contributed by atoms with Gasteiger partial charge in [-0.05, 0) is 30.3 Å². The van der Waals surface area contributed by atoms with Gasteiger partial charge in [0.1, 0.15) is 0 Å². The molecule has 2 rings (SSSR count). The highest BCUT2D eigenvalue weighted by molar-refractivity contribution is 5.33. The van der Waals surface area contributed by atoms with Crippen molar-refractivity contribution in [3.63, 3.8) is 0 Å². The number of hydrogen-bond acceptors (Lipinski definition) is 3. The van der Waals surface area contributed by atoms with Crippen LogP contribution in [0.5, 0.6) is 0 Å². The van der Waals surface area contributed by atoms with E-state index in [1.165, 1.54) is 24.3 Å². The summed E-state index contributed by atoms with van der Waals surface area (Å²) in [6, 6.07) is 11.2. The average molecular weight is 324 g/mol. The Kier molecular flexibility index (Phi) is 5.00. The number of nitro benzene ring substituents is 1. The van der Waals surface area contributed by atoms with E-state index in [1.54, 1.807) is 12.1 Å². The van der Waals surface area contributed by atoms with Crippen LogP contribution in [0.2, 0.25) is 0 Å². The molecule has 0 radical (unpaired) electrons. The zero-order chi connectivity index (χ0) is 17.0. The van der Waals surface area contributed by atoms with E-state index in [1.807, 2.05) is 11.9 Å². The fraction of sp³-hybridized carbons (Fsp3) is 0.250. The monoisotopic (exact) mass is 324 g/mol. The molecule has 7 heteroatoms. The number of hydrogen-bond donors (Lipinski definition) is 0. The highest BCUT2D eigenvalue weighted by Gasteiger charge is 2.29. The van der Waals surface area contributed by atoms with Crippen LogP contribution in [0.15, 0.2) is 48.5 Å².